The first kappa shape index (κ1) is 18.6. The second kappa shape index (κ2) is 7.81. The number of fused-ring (bicyclic) bond motifs is 4. The summed E-state index contributed by atoms with van der Waals surface area (Å²) in [6, 6.07) is 31.2. The van der Waals surface area contributed by atoms with Crippen molar-refractivity contribution in [3.63, 3.8) is 0 Å². The largest absolute Gasteiger partial charge is 0.217 e. The highest BCUT2D eigenvalue weighted by molar-refractivity contribution is 5.80. The summed E-state index contributed by atoms with van der Waals surface area (Å²) in [6.07, 6.45) is 7.22. The molecule has 0 fully saturated rings. The van der Waals surface area contributed by atoms with Gasteiger partial charge in [-0.05, 0) is 49.3 Å². The van der Waals surface area contributed by atoms with Crippen LogP contribution >= 0.6 is 0 Å². The fourth-order valence-corrected chi connectivity index (χ4v) is 5.73. The molecule has 152 valence electrons. The van der Waals surface area contributed by atoms with Crippen molar-refractivity contribution in [2.45, 2.75) is 45.1 Å². The van der Waals surface area contributed by atoms with E-state index in [-0.39, 0.29) is 0 Å². The number of hydrogen-bond donors (Lipinski definition) is 0. The Morgan fingerprint density at radius 1 is 0.613 bits per heavy atom. The third-order valence-electron chi connectivity index (χ3n) is 7.09. The third-order valence-corrected chi connectivity index (χ3v) is 7.09. The topological polar surface area (TPSA) is 3.88 Å². The van der Waals surface area contributed by atoms with E-state index in [0.29, 0.717) is 0 Å². The molecule has 0 atom stereocenters. The molecule has 4 aromatic rings. The lowest BCUT2D eigenvalue weighted by Gasteiger charge is -2.27. The number of nitrogens with zero attached hydrogens (tertiary/aromatic N) is 1. The van der Waals surface area contributed by atoms with Gasteiger partial charge in [0.25, 0.3) is 0 Å². The van der Waals surface area contributed by atoms with Gasteiger partial charge in [0, 0.05) is 34.2 Å². The zero-order valence-corrected chi connectivity index (χ0v) is 18.0. The van der Waals surface area contributed by atoms with Gasteiger partial charge < -0.3 is 0 Å². The van der Waals surface area contributed by atoms with Gasteiger partial charge in [0.2, 0.25) is 5.69 Å². The SMILES string of the molecule is c1ccc(C[n+]2c3c(c(-c4ccccc4)c4c2-c2ccccc2CC4)CCCC3)cc1. The number of benzene rings is 3. The van der Waals surface area contributed by atoms with Crippen molar-refractivity contribution in [1.82, 2.24) is 0 Å². The van der Waals surface area contributed by atoms with Gasteiger partial charge in [-0.15, -0.1) is 0 Å². The maximum Gasteiger partial charge on any atom is 0.217 e. The van der Waals surface area contributed by atoms with E-state index in [1.165, 1.54) is 59.2 Å². The van der Waals surface area contributed by atoms with Crippen molar-refractivity contribution < 1.29 is 4.57 Å². The molecule has 0 N–H and O–H groups in total. The summed E-state index contributed by atoms with van der Waals surface area (Å²) in [7, 11) is 0. The number of aryl methyl sites for hydroxylation is 1. The number of aromatic nitrogens is 1. The Labute approximate surface area is 185 Å². The molecule has 6 rings (SSSR count). The normalized spacial score (nSPS) is 14.5. The van der Waals surface area contributed by atoms with Gasteiger partial charge in [-0.2, -0.15) is 4.57 Å². The molecular formula is C30H28N+. The highest BCUT2D eigenvalue weighted by atomic mass is 15.0. The van der Waals surface area contributed by atoms with E-state index < -0.39 is 0 Å². The average Bonchev–Trinajstić information content (AvgIpc) is 2.85. The minimum atomic E-state index is 0.953. The molecule has 1 aromatic heterocycles. The molecule has 0 aliphatic heterocycles. The van der Waals surface area contributed by atoms with Crippen LogP contribution in [0.2, 0.25) is 0 Å². The molecule has 0 amide bonds. The van der Waals surface area contributed by atoms with Gasteiger partial charge in [-0.25, -0.2) is 0 Å². The van der Waals surface area contributed by atoms with Gasteiger partial charge in [0.05, 0.1) is 0 Å². The van der Waals surface area contributed by atoms with Crippen molar-refractivity contribution in [3.8, 4) is 22.4 Å². The van der Waals surface area contributed by atoms with Crippen LogP contribution in [0.15, 0.2) is 84.9 Å². The van der Waals surface area contributed by atoms with Crippen LogP contribution in [-0.4, -0.2) is 0 Å². The minimum Gasteiger partial charge on any atom is -0.191 e. The van der Waals surface area contributed by atoms with E-state index in [0.717, 1.165) is 19.4 Å². The average molecular weight is 403 g/mol. The molecule has 1 nitrogen and oxygen atoms in total. The number of rotatable bonds is 3. The minimum absolute atomic E-state index is 0.953. The Balaban J connectivity index is 1.69. The molecule has 31 heavy (non-hydrogen) atoms. The Bertz CT molecular complexity index is 1240. The van der Waals surface area contributed by atoms with Crippen LogP contribution in [0.5, 0.6) is 0 Å². The Kier molecular flexibility index (Phi) is 4.68. The fourth-order valence-electron chi connectivity index (χ4n) is 5.73. The van der Waals surface area contributed by atoms with Crippen LogP contribution < -0.4 is 4.57 Å². The van der Waals surface area contributed by atoms with Gasteiger partial charge in [-0.3, -0.25) is 0 Å². The van der Waals surface area contributed by atoms with Gasteiger partial charge in [0.15, 0.2) is 12.2 Å². The van der Waals surface area contributed by atoms with Crippen molar-refractivity contribution in [2.75, 3.05) is 0 Å². The molecule has 1 heteroatoms. The lowest BCUT2D eigenvalue weighted by molar-refractivity contribution is -0.686. The second-order valence-electron chi connectivity index (χ2n) is 8.93. The molecule has 1 heterocycles. The van der Waals surface area contributed by atoms with E-state index in [9.17, 15) is 0 Å². The summed E-state index contributed by atoms with van der Waals surface area (Å²) in [5.74, 6) is 0. The third kappa shape index (κ3) is 3.20. The number of hydrogen-bond acceptors (Lipinski definition) is 0. The Hall–Kier alpha value is -3.19. The van der Waals surface area contributed by atoms with Crippen molar-refractivity contribution in [3.05, 3.63) is 113 Å². The lowest BCUT2D eigenvalue weighted by atomic mass is 9.79. The van der Waals surface area contributed by atoms with E-state index in [1.807, 2.05) is 0 Å². The first-order chi connectivity index (χ1) is 15.4. The first-order valence-electron chi connectivity index (χ1n) is 11.7. The molecule has 0 radical (unpaired) electrons. The monoisotopic (exact) mass is 402 g/mol. The summed E-state index contributed by atoms with van der Waals surface area (Å²) in [4.78, 5) is 0. The molecule has 0 bridgehead atoms. The van der Waals surface area contributed by atoms with Crippen molar-refractivity contribution in [1.29, 1.82) is 0 Å². The van der Waals surface area contributed by atoms with Crippen LogP contribution in [0.1, 0.15) is 40.8 Å². The molecule has 3 aromatic carbocycles. The van der Waals surface area contributed by atoms with Crippen LogP contribution in [0.3, 0.4) is 0 Å². The highest BCUT2D eigenvalue weighted by Crippen LogP contribution is 2.41. The molecule has 2 aliphatic rings. The van der Waals surface area contributed by atoms with Crippen LogP contribution in [0.25, 0.3) is 22.4 Å². The quantitative estimate of drug-likeness (QED) is 0.352. The van der Waals surface area contributed by atoms with Crippen LogP contribution in [0, 0.1) is 0 Å². The summed E-state index contributed by atoms with van der Waals surface area (Å²) in [5.41, 5.74) is 13.4. The predicted molar refractivity (Wildman–Crippen MR) is 127 cm³/mol. The fraction of sp³-hybridized carbons (Fsp3) is 0.233. The maximum atomic E-state index is 2.68. The second-order valence-corrected chi connectivity index (χ2v) is 8.93. The summed E-state index contributed by atoms with van der Waals surface area (Å²) in [5, 5.41) is 0. The van der Waals surface area contributed by atoms with Gasteiger partial charge >= 0.3 is 0 Å². The van der Waals surface area contributed by atoms with Crippen molar-refractivity contribution in [2.24, 2.45) is 0 Å². The standard InChI is InChI=1S/C30H28N/c1-3-11-22(12-4-1)21-31-28-18-10-9-17-26(28)29(24-14-5-2-6-15-24)27-20-19-23-13-7-8-16-25(23)30(27)31/h1-8,11-16H,9-10,17-21H2/q+1. The van der Waals surface area contributed by atoms with E-state index >= 15 is 0 Å². The summed E-state index contributed by atoms with van der Waals surface area (Å²) >= 11 is 0. The zero-order valence-electron chi connectivity index (χ0n) is 18.0. The van der Waals surface area contributed by atoms with E-state index in [1.54, 1.807) is 16.8 Å². The molecule has 2 aliphatic carbocycles. The summed E-state index contributed by atoms with van der Waals surface area (Å²) in [6.45, 7) is 0.953. The lowest BCUT2D eigenvalue weighted by Crippen LogP contribution is -2.45. The van der Waals surface area contributed by atoms with Crippen LogP contribution in [-0.2, 0) is 32.2 Å². The van der Waals surface area contributed by atoms with Crippen molar-refractivity contribution >= 4 is 0 Å². The Morgan fingerprint density at radius 2 is 1.32 bits per heavy atom. The molecule has 0 spiro atoms. The molecular weight excluding hydrogens is 374 g/mol. The predicted octanol–water partition coefficient (Wildman–Crippen LogP) is 6.33. The first-order valence-corrected chi connectivity index (χ1v) is 11.7. The highest BCUT2D eigenvalue weighted by Gasteiger charge is 2.35. The van der Waals surface area contributed by atoms with E-state index in [4.69, 9.17) is 0 Å². The van der Waals surface area contributed by atoms with E-state index in [2.05, 4.69) is 89.5 Å². The van der Waals surface area contributed by atoms with Gasteiger partial charge in [-0.1, -0.05) is 78.9 Å². The molecule has 0 saturated carbocycles. The summed E-state index contributed by atoms with van der Waals surface area (Å²) < 4.78 is 2.68. The van der Waals surface area contributed by atoms with Crippen LogP contribution in [0.4, 0.5) is 0 Å². The maximum absolute atomic E-state index is 2.68. The zero-order chi connectivity index (χ0) is 20.6. The molecule has 0 unspecified atom stereocenters. The molecule has 0 saturated heterocycles. The number of pyridine rings is 1. The Morgan fingerprint density at radius 3 is 2.16 bits per heavy atom. The smallest absolute Gasteiger partial charge is 0.191 e. The van der Waals surface area contributed by atoms with Gasteiger partial charge in [0.1, 0.15) is 0 Å².